The van der Waals surface area contributed by atoms with Crippen LogP contribution in [0, 0.1) is 5.92 Å². The number of carbonyl (C=O) groups excluding carboxylic acids is 2. The molecule has 1 spiro atoms. The molecule has 0 radical (unpaired) electrons. The summed E-state index contributed by atoms with van der Waals surface area (Å²) in [5.41, 5.74) is 3.11. The van der Waals surface area contributed by atoms with E-state index in [1.165, 1.54) is 0 Å². The maximum atomic E-state index is 14.4. The lowest BCUT2D eigenvalue weighted by molar-refractivity contribution is -0.139. The van der Waals surface area contributed by atoms with E-state index in [0.29, 0.717) is 36.6 Å². The summed E-state index contributed by atoms with van der Waals surface area (Å²) in [7, 11) is 0. The van der Waals surface area contributed by atoms with Crippen molar-refractivity contribution in [2.75, 3.05) is 41.1 Å². The molecule has 2 fully saturated rings. The number of amides is 2. The van der Waals surface area contributed by atoms with Crippen LogP contribution in [0.25, 0.3) is 0 Å². The predicted octanol–water partition coefficient (Wildman–Crippen LogP) is 6.11. The van der Waals surface area contributed by atoms with E-state index in [1.807, 2.05) is 121 Å². The summed E-state index contributed by atoms with van der Waals surface area (Å²) in [5, 5.41) is 34.4. The number of carbonyl (C=O) groups is 2. The average Bonchev–Trinajstić information content (AvgIpc) is 3.86. The zero-order chi connectivity index (χ0) is 38.9. The topological polar surface area (TPSA) is 127 Å². The third-order valence-corrected chi connectivity index (χ3v) is 12.1. The van der Waals surface area contributed by atoms with Gasteiger partial charge in [0.05, 0.1) is 37.1 Å². The number of allylic oxidation sites excluding steroid dienone is 1. The van der Waals surface area contributed by atoms with E-state index in [9.17, 15) is 19.8 Å². The Morgan fingerprint density at radius 2 is 1.64 bits per heavy atom. The molecule has 2 amide bonds. The Hall–Kier alpha value is -5.14. The van der Waals surface area contributed by atoms with Crippen LogP contribution in [0.2, 0.25) is 0 Å². The fraction of sp³-hybridized carbons (Fsp3) is 0.318. The molecule has 3 aliphatic rings. The van der Waals surface area contributed by atoms with Crippen molar-refractivity contribution in [3.8, 4) is 0 Å². The van der Waals surface area contributed by atoms with E-state index in [0.717, 1.165) is 52.9 Å². The van der Waals surface area contributed by atoms with Crippen LogP contribution in [0.4, 0.5) is 17.1 Å². The number of hydrogen-bond acceptors (Lipinski definition) is 8. The smallest absolute Gasteiger partial charge is 0.264 e. The predicted molar refractivity (Wildman–Crippen MR) is 220 cm³/mol. The summed E-state index contributed by atoms with van der Waals surface area (Å²) in [6.07, 6.45) is 7.74. The first-order valence-electron chi connectivity index (χ1n) is 19.2. The van der Waals surface area contributed by atoms with Gasteiger partial charge in [0.25, 0.3) is 11.8 Å². The Bertz CT molecular complexity index is 2220. The number of anilines is 3. The van der Waals surface area contributed by atoms with Gasteiger partial charge in [-0.05, 0) is 85.9 Å². The van der Waals surface area contributed by atoms with Gasteiger partial charge in [-0.3, -0.25) is 19.2 Å². The summed E-state index contributed by atoms with van der Waals surface area (Å²) in [5.74, 6) is -1.11. The lowest BCUT2D eigenvalue weighted by Crippen LogP contribution is -2.55. The molecule has 56 heavy (non-hydrogen) atoms. The second-order valence-electron chi connectivity index (χ2n) is 15.0. The maximum Gasteiger partial charge on any atom is 0.264 e. The normalized spacial score (nSPS) is 20.3. The van der Waals surface area contributed by atoms with Crippen LogP contribution < -0.4 is 20.0 Å². The fourth-order valence-electron chi connectivity index (χ4n) is 8.53. The third-order valence-electron chi connectivity index (χ3n) is 11.6. The molecule has 3 aliphatic heterocycles. The van der Waals surface area contributed by atoms with E-state index in [2.05, 4.69) is 48.6 Å². The van der Waals surface area contributed by atoms with Crippen molar-refractivity contribution in [1.29, 1.82) is 0 Å². The summed E-state index contributed by atoms with van der Waals surface area (Å²) in [6.45, 7) is 4.54. The van der Waals surface area contributed by atoms with Gasteiger partial charge in [0.1, 0.15) is 5.54 Å². The van der Waals surface area contributed by atoms with Gasteiger partial charge >= 0.3 is 0 Å². The van der Waals surface area contributed by atoms with Crippen molar-refractivity contribution < 1.29 is 19.8 Å². The van der Waals surface area contributed by atoms with Crippen molar-refractivity contribution in [1.82, 2.24) is 20.3 Å². The molecule has 8 rings (SSSR count). The Kier molecular flexibility index (Phi) is 10.6. The lowest BCUT2D eigenvalue weighted by Gasteiger charge is -2.39. The molecule has 5 aromatic rings. The number of para-hydroxylation sites is 1. The molecule has 12 heteroatoms. The first kappa shape index (κ1) is 37.8. The number of piperidine rings is 1. The van der Waals surface area contributed by atoms with Crippen LogP contribution in [0.5, 0.6) is 0 Å². The van der Waals surface area contributed by atoms with Crippen molar-refractivity contribution in [2.45, 2.75) is 56.3 Å². The van der Waals surface area contributed by atoms with E-state index in [4.69, 9.17) is 0 Å². The van der Waals surface area contributed by atoms with Crippen molar-refractivity contribution in [3.63, 3.8) is 0 Å². The second-order valence-corrected chi connectivity index (χ2v) is 15.9. The maximum absolute atomic E-state index is 14.4. The van der Waals surface area contributed by atoms with Gasteiger partial charge in [0.2, 0.25) is 0 Å². The minimum absolute atomic E-state index is 0.0723. The quantitative estimate of drug-likeness (QED) is 0.129. The molecule has 288 valence electrons. The van der Waals surface area contributed by atoms with Gasteiger partial charge < -0.3 is 25.3 Å². The number of aryl methyl sites for hydroxylation is 1. The molecule has 3 atom stereocenters. The minimum Gasteiger partial charge on any atom is -0.395 e. The zero-order valence-electron chi connectivity index (χ0n) is 31.3. The number of aromatic nitrogens is 3. The van der Waals surface area contributed by atoms with Gasteiger partial charge in [-0.25, -0.2) is 0 Å². The van der Waals surface area contributed by atoms with Crippen LogP contribution in [-0.2, 0) is 28.3 Å². The van der Waals surface area contributed by atoms with Gasteiger partial charge in [-0.1, -0.05) is 101 Å². The number of aliphatic hydroxyl groups excluding tert-OH is 1. The molecule has 4 heterocycles. The first-order chi connectivity index (χ1) is 27.2. The molecule has 0 aliphatic carbocycles. The van der Waals surface area contributed by atoms with Crippen molar-refractivity contribution >= 4 is 44.8 Å². The van der Waals surface area contributed by atoms with E-state index < -0.39 is 23.0 Å². The van der Waals surface area contributed by atoms with Crippen LogP contribution in [0.3, 0.4) is 0 Å². The van der Waals surface area contributed by atoms with Gasteiger partial charge in [-0.2, -0.15) is 0 Å². The number of benzene rings is 4. The van der Waals surface area contributed by atoms with E-state index in [-0.39, 0.29) is 25.0 Å². The Morgan fingerprint density at radius 3 is 2.39 bits per heavy atom. The van der Waals surface area contributed by atoms with Gasteiger partial charge in [0.15, 0.2) is 5.60 Å². The highest BCUT2D eigenvalue weighted by Gasteiger charge is 2.54. The van der Waals surface area contributed by atoms with Crippen LogP contribution in [-0.4, -0.2) is 68.9 Å². The van der Waals surface area contributed by atoms with Crippen molar-refractivity contribution in [3.05, 3.63) is 148 Å². The van der Waals surface area contributed by atoms with Crippen LogP contribution in [0.15, 0.2) is 126 Å². The molecule has 0 saturated carbocycles. The largest absolute Gasteiger partial charge is 0.395 e. The number of nitrogens with zero attached hydrogens (tertiary/aromatic N) is 6. The molecule has 1 aromatic heterocycles. The Morgan fingerprint density at radius 1 is 0.911 bits per heavy atom. The fourth-order valence-corrected chi connectivity index (χ4v) is 8.89. The highest BCUT2D eigenvalue weighted by Crippen LogP contribution is 2.47. The highest BCUT2D eigenvalue weighted by atomic mass is 79.9. The van der Waals surface area contributed by atoms with Crippen molar-refractivity contribution in [2.24, 2.45) is 5.92 Å². The summed E-state index contributed by atoms with van der Waals surface area (Å²) < 4.78 is 2.51. The highest BCUT2D eigenvalue weighted by molar-refractivity contribution is 9.10. The second kappa shape index (κ2) is 15.8. The zero-order valence-corrected chi connectivity index (χ0v) is 32.9. The molecule has 2 saturated heterocycles. The standard InChI is InChI=1S/C44H46BrN7O4/c1-31(11-8-9-24-49-28-39(47-48-49)37(29-53)33-13-4-2-5-14-33)44(56)38-26-34(45)18-19-40(38)50(42(44)55)27-32-12-10-17-36(25-32)51-30-52(35-15-6-3-7-16-35)43(41(51)54)20-22-46-23-21-43/h2-8,10-19,25-26,28,31,37,46,53,56H,9,20-24,27,29-30H2,1H3/b11-8+/t31-,37?,44+/m1/s1. The van der Waals surface area contributed by atoms with Gasteiger partial charge in [-0.15, -0.1) is 5.10 Å². The van der Waals surface area contributed by atoms with Gasteiger partial charge in [0, 0.05) is 40.1 Å². The molecule has 1 unspecified atom stereocenters. The number of fused-ring (bicyclic) bond motifs is 1. The number of nitrogens with one attached hydrogen (secondary N) is 1. The monoisotopic (exact) mass is 815 g/mol. The molecule has 4 aromatic carbocycles. The Balaban J connectivity index is 0.985. The minimum atomic E-state index is -1.79. The van der Waals surface area contributed by atoms with E-state index >= 15 is 0 Å². The third kappa shape index (κ3) is 6.85. The SMILES string of the molecule is C[C@H](/C=C/CCn1cc(C(CO)c2ccccc2)nn1)[C@@]1(O)C(=O)N(Cc2cccc(N3CN(c4ccccc4)C4(CCNCC4)C3=O)c2)c2ccc(Br)cc21. The molecule has 0 bridgehead atoms. The first-order valence-corrected chi connectivity index (χ1v) is 20.0. The molecular formula is C44H46BrN7O4. The average molecular weight is 817 g/mol. The molecule has 11 nitrogen and oxygen atoms in total. The summed E-state index contributed by atoms with van der Waals surface area (Å²) >= 11 is 3.56. The van der Waals surface area contributed by atoms with Crippen LogP contribution in [0.1, 0.15) is 54.5 Å². The number of hydrogen-bond donors (Lipinski definition) is 3. The molecular weight excluding hydrogens is 770 g/mol. The summed E-state index contributed by atoms with van der Waals surface area (Å²) in [6, 6.07) is 33.3. The Labute approximate surface area is 335 Å². The molecule has 3 N–H and O–H groups in total. The number of halogens is 1. The summed E-state index contributed by atoms with van der Waals surface area (Å²) in [4.78, 5) is 34.5. The number of aliphatic hydroxyl groups is 2. The van der Waals surface area contributed by atoms with E-state index in [1.54, 1.807) is 9.58 Å². The number of rotatable bonds is 12. The van der Waals surface area contributed by atoms with Crippen LogP contribution >= 0.6 is 15.9 Å². The lowest BCUT2D eigenvalue weighted by atomic mass is 9.83.